The Morgan fingerprint density at radius 3 is 1.66 bits per heavy atom. The summed E-state index contributed by atoms with van der Waals surface area (Å²) in [5.74, 6) is -3.01. The molecule has 0 bridgehead atoms. The van der Waals surface area contributed by atoms with Crippen molar-refractivity contribution in [2.24, 2.45) is 17.8 Å². The maximum atomic E-state index is 14.5. The number of Topliss-reactive ketones (excluding diaryl/α,β-unsaturated/α-hetero) is 2. The third-order valence-corrected chi connectivity index (χ3v) is 21.6. The number of sulfone groups is 2. The molecule has 4 aliphatic carbocycles. The molecular formula is C67H90Cl2N6O15S2. The van der Waals surface area contributed by atoms with Gasteiger partial charge in [0.15, 0.2) is 31.2 Å². The van der Waals surface area contributed by atoms with E-state index in [9.17, 15) is 45.6 Å². The smallest absolute Gasteiger partial charge is 0.307 e. The molecule has 2 aliphatic heterocycles. The number of hydrogen-bond acceptors (Lipinski definition) is 18. The average Bonchev–Trinajstić information content (AvgIpc) is 1.61. The highest BCUT2D eigenvalue weighted by Gasteiger charge is 2.62. The number of fused-ring (bicyclic) bond motifs is 2. The molecule has 4 aromatic rings. The molecule has 2 aromatic heterocycles. The van der Waals surface area contributed by atoms with Gasteiger partial charge in [-0.25, -0.2) is 16.8 Å². The second kappa shape index (κ2) is 31.5. The van der Waals surface area contributed by atoms with E-state index in [1.54, 1.807) is 83.8 Å². The van der Waals surface area contributed by atoms with E-state index < -0.39 is 112 Å². The summed E-state index contributed by atoms with van der Waals surface area (Å²) in [5.41, 5.74) is -1.96. The van der Waals surface area contributed by atoms with Gasteiger partial charge in [-0.15, -0.1) is 44.6 Å². The molecule has 10 rings (SSSR count). The summed E-state index contributed by atoms with van der Waals surface area (Å²) in [6, 6.07) is 12.9. The fourth-order valence-electron chi connectivity index (χ4n) is 11.9. The Morgan fingerprint density at radius 1 is 0.707 bits per heavy atom. The van der Waals surface area contributed by atoms with Crippen LogP contribution >= 0.6 is 24.8 Å². The van der Waals surface area contributed by atoms with Crippen LogP contribution in [0.15, 0.2) is 98.9 Å². The molecule has 504 valence electrons. The van der Waals surface area contributed by atoms with E-state index >= 15 is 0 Å². The van der Waals surface area contributed by atoms with E-state index in [0.29, 0.717) is 86.4 Å². The van der Waals surface area contributed by atoms with E-state index in [0.717, 1.165) is 35.6 Å². The predicted molar refractivity (Wildman–Crippen MR) is 357 cm³/mol. The molecule has 0 radical (unpaired) electrons. The van der Waals surface area contributed by atoms with Gasteiger partial charge in [-0.05, 0) is 115 Å². The summed E-state index contributed by atoms with van der Waals surface area (Å²) in [6.45, 7) is 21.1. The number of pyridine rings is 2. The average molecular weight is 1350 g/mol. The number of ether oxygens (including phenoxy) is 5. The largest absolute Gasteiger partial charge is 0.497 e. The fraction of sp³-hybridized carbons (Fsp3) is 0.552. The van der Waals surface area contributed by atoms with Crippen molar-refractivity contribution in [2.75, 3.05) is 38.8 Å². The summed E-state index contributed by atoms with van der Waals surface area (Å²) in [4.78, 5) is 91.9. The van der Waals surface area contributed by atoms with E-state index in [-0.39, 0.29) is 74.5 Å². The molecule has 21 nitrogen and oxygen atoms in total. The van der Waals surface area contributed by atoms with E-state index in [1.807, 2.05) is 44.2 Å². The lowest BCUT2D eigenvalue weighted by Crippen LogP contribution is -2.54. The van der Waals surface area contributed by atoms with E-state index in [2.05, 4.69) is 45.7 Å². The van der Waals surface area contributed by atoms with Gasteiger partial charge >= 0.3 is 5.97 Å². The number of esters is 1. The number of hydrogen-bond donors (Lipinski definition) is 3. The summed E-state index contributed by atoms with van der Waals surface area (Å²) in [6.07, 6.45) is 14.2. The van der Waals surface area contributed by atoms with Crippen molar-refractivity contribution in [1.29, 1.82) is 0 Å². The lowest BCUT2D eigenvalue weighted by molar-refractivity contribution is -0.159. The molecule has 3 N–H and O–H groups in total. The van der Waals surface area contributed by atoms with Crippen LogP contribution in [-0.2, 0) is 53.2 Å². The number of rotatable bonds is 29. The van der Waals surface area contributed by atoms with Crippen LogP contribution < -0.4 is 34.9 Å². The summed E-state index contributed by atoms with van der Waals surface area (Å²) < 4.78 is 79.2. The standard InChI is InChI=1S/C40H53N3O9S.C25H29N3O6S.C2H6.2ClH/c1-7-9-10-11-12-13-26(20-36(45)52-39(3,4)5)38(47)43-24-29(51-34-18-19-41-32-21-28(50-6)14-17-31(32)34)22-33(43)37(46)42-40(23-27(40)8-2)35(44)25-53(48,49)30-15-16-30;1-3-15-12-25(15,23(29)14-35(31,32)18-5-6-18)28-24(30)21-11-17(13-27-21)34-22-8-9-26-20-10-16(33-2)4-7-19(20)22;1-2;;/h7-8,14,17-19,21,26-27,29-30,33H,1-2,9-13,15-16,20,22-25H2,3-6H3,(H,42,46);3-4,7-10,15,17-18,21,27H,1,5-6,11-14H2,2H3,(H,28,30);1-2H3;2*1H/t26-,27-,29-,33+,40-;15-,17-,21+,25-;;;/m11.../s1. The van der Waals surface area contributed by atoms with Crippen LogP contribution in [0.1, 0.15) is 125 Å². The zero-order valence-corrected chi connectivity index (χ0v) is 56.9. The number of unbranched alkanes of at least 4 members (excludes halogenated alkanes) is 3. The number of aromatic nitrogens is 2. The molecule has 2 saturated heterocycles. The number of benzene rings is 2. The molecule has 25 heteroatoms. The van der Waals surface area contributed by atoms with Gasteiger partial charge in [-0.3, -0.25) is 38.7 Å². The highest BCUT2D eigenvalue weighted by molar-refractivity contribution is 7.93. The molecule has 4 heterocycles. The van der Waals surface area contributed by atoms with Gasteiger partial charge in [0.25, 0.3) is 0 Å². The van der Waals surface area contributed by atoms with Crippen molar-refractivity contribution in [1.82, 2.24) is 30.8 Å². The first-order valence-corrected chi connectivity index (χ1v) is 34.7. The van der Waals surface area contributed by atoms with Crippen LogP contribution in [-0.4, -0.2) is 157 Å². The SMILES string of the molecule is C=CCCCCC[C@H](CC(=O)OC(C)(C)C)C(=O)N1C[C@H](Oc2ccnc3cc(OC)ccc23)C[C@H]1C(=O)N[C@]1(C(=O)CS(=O)(=O)C2CC2)C[C@H]1C=C.C=C[C@@H]1C[C@]1(NC(=O)[C@@H]1C[C@@H](Oc2ccnc3cc(OC)ccc23)CN1)C(=O)CS(=O)(=O)C1CC1.CC.Cl.Cl. The van der Waals surface area contributed by atoms with E-state index in [1.165, 1.54) is 4.90 Å². The monoisotopic (exact) mass is 1350 g/mol. The zero-order valence-electron chi connectivity index (χ0n) is 53.6. The van der Waals surface area contributed by atoms with Crippen molar-refractivity contribution in [2.45, 2.75) is 176 Å². The highest BCUT2D eigenvalue weighted by atomic mass is 35.5. The Balaban J connectivity index is 0.000000299. The Hall–Kier alpha value is -6.66. The molecule has 3 amide bonds. The second-order valence-corrected chi connectivity index (χ2v) is 29.7. The van der Waals surface area contributed by atoms with Gasteiger partial charge in [0.1, 0.15) is 69.4 Å². The number of ketones is 2. The van der Waals surface area contributed by atoms with Crippen molar-refractivity contribution in [3.05, 3.63) is 98.9 Å². The van der Waals surface area contributed by atoms with Gasteiger partial charge in [-0.1, -0.05) is 44.9 Å². The normalized spacial score (nSPS) is 24.0. The predicted octanol–water partition coefficient (Wildman–Crippen LogP) is 8.71. The number of nitrogens with zero attached hydrogens (tertiary/aromatic N) is 3. The topological polar surface area (TPSA) is 282 Å². The summed E-state index contributed by atoms with van der Waals surface area (Å²) in [5, 5.41) is 9.52. The summed E-state index contributed by atoms with van der Waals surface area (Å²) >= 11 is 0. The number of halogens is 2. The lowest BCUT2D eigenvalue weighted by atomic mass is 9.95. The summed E-state index contributed by atoms with van der Waals surface area (Å²) in [7, 11) is -3.94. The quantitative estimate of drug-likeness (QED) is 0.0260. The van der Waals surface area contributed by atoms with Crippen LogP contribution in [0.25, 0.3) is 21.8 Å². The maximum Gasteiger partial charge on any atom is 0.307 e. The van der Waals surface area contributed by atoms with Crippen LogP contribution in [0.4, 0.5) is 0 Å². The molecule has 4 saturated carbocycles. The van der Waals surface area contributed by atoms with Crippen LogP contribution in [0.3, 0.4) is 0 Å². The molecule has 0 unspecified atom stereocenters. The van der Waals surface area contributed by atoms with Crippen LogP contribution in [0, 0.1) is 17.8 Å². The Labute approximate surface area is 553 Å². The first-order chi connectivity index (χ1) is 42.9. The first-order valence-electron chi connectivity index (χ1n) is 31.3. The van der Waals surface area contributed by atoms with Gasteiger partial charge in [0, 0.05) is 72.4 Å². The number of carbonyl (C=O) groups is 6. The zero-order chi connectivity index (χ0) is 65.3. The molecule has 2 aromatic carbocycles. The molecule has 0 spiro atoms. The molecule has 92 heavy (non-hydrogen) atoms. The van der Waals surface area contributed by atoms with Gasteiger partial charge in [0.05, 0.1) is 54.8 Å². The minimum atomic E-state index is -3.64. The first kappa shape index (κ1) is 74.4. The van der Waals surface area contributed by atoms with Crippen molar-refractivity contribution < 1.29 is 69.3 Å². The molecule has 6 fully saturated rings. The molecule has 6 aliphatic rings. The lowest BCUT2D eigenvalue weighted by Gasteiger charge is -2.30. The van der Waals surface area contributed by atoms with E-state index in [4.69, 9.17) is 23.7 Å². The van der Waals surface area contributed by atoms with Crippen LogP contribution in [0.5, 0.6) is 23.0 Å². The second-order valence-electron chi connectivity index (χ2n) is 25.1. The van der Waals surface area contributed by atoms with Crippen molar-refractivity contribution in [3.63, 3.8) is 0 Å². The number of likely N-dealkylation sites (tertiary alicyclic amines) is 1. The molecular weight excluding hydrogens is 1260 g/mol. The van der Waals surface area contributed by atoms with Crippen molar-refractivity contribution in [3.8, 4) is 23.0 Å². The number of carbonyl (C=O) groups excluding carboxylic acids is 6. The number of amides is 3. The Morgan fingerprint density at radius 2 is 1.21 bits per heavy atom. The van der Waals surface area contributed by atoms with Crippen molar-refractivity contribution >= 4 is 102 Å². The number of allylic oxidation sites excluding steroid dienone is 1. The Bertz CT molecular complexity index is 3600. The van der Waals surface area contributed by atoms with Gasteiger partial charge in [0.2, 0.25) is 17.7 Å². The minimum absolute atomic E-state index is 0. The minimum Gasteiger partial charge on any atom is -0.497 e. The molecule has 9 atom stereocenters. The third kappa shape index (κ3) is 18.2. The highest BCUT2D eigenvalue weighted by Crippen LogP contribution is 2.48. The van der Waals surface area contributed by atoms with Gasteiger partial charge < -0.3 is 44.5 Å². The van der Waals surface area contributed by atoms with Gasteiger partial charge in [-0.2, -0.15) is 0 Å². The maximum absolute atomic E-state index is 14.5. The Kier molecular flexibility index (Phi) is 25.5. The number of nitrogens with one attached hydrogen (secondary N) is 3. The number of methoxy groups -OCH3 is 2. The van der Waals surface area contributed by atoms with Crippen LogP contribution in [0.2, 0.25) is 0 Å². The fourth-order valence-corrected chi connectivity index (χ4v) is 15.3. The third-order valence-electron chi connectivity index (χ3n) is 17.3.